The Morgan fingerprint density at radius 2 is 2.17 bits per heavy atom. The molecule has 94 valence electrons. The molecule has 2 aromatic rings. The molecule has 0 bridgehead atoms. The summed E-state index contributed by atoms with van der Waals surface area (Å²) in [6.45, 7) is 1.77. The lowest BCUT2D eigenvalue weighted by Crippen LogP contribution is -2.21. The van der Waals surface area contributed by atoms with E-state index in [4.69, 9.17) is 23.2 Å². The first kappa shape index (κ1) is 12.4. The summed E-state index contributed by atoms with van der Waals surface area (Å²) < 4.78 is 14.5. The molecule has 1 aliphatic rings. The number of hydrogen-bond acceptors (Lipinski definition) is 2. The van der Waals surface area contributed by atoms with Gasteiger partial charge < -0.3 is 5.32 Å². The maximum absolute atomic E-state index is 13.7. The maximum Gasteiger partial charge on any atom is 0.144 e. The molecule has 0 saturated heterocycles. The van der Waals surface area contributed by atoms with Crippen molar-refractivity contribution in [2.24, 2.45) is 0 Å². The highest BCUT2D eigenvalue weighted by atomic mass is 35.5. The molecular formula is C13H10Cl2FNS. The average molecular weight is 302 g/mol. The summed E-state index contributed by atoms with van der Waals surface area (Å²) in [4.78, 5) is 0. The summed E-state index contributed by atoms with van der Waals surface area (Å²) in [6.07, 6.45) is 3.15. The lowest BCUT2D eigenvalue weighted by Gasteiger charge is -2.14. The van der Waals surface area contributed by atoms with Crippen LogP contribution in [0.5, 0.6) is 0 Å². The van der Waals surface area contributed by atoms with Gasteiger partial charge in [-0.05, 0) is 35.5 Å². The van der Waals surface area contributed by atoms with Gasteiger partial charge in [-0.15, -0.1) is 11.3 Å². The SMILES string of the molecule is Fc1cc(Cl)c2scc(C3=CCCNC3)c2c1Cl. The van der Waals surface area contributed by atoms with E-state index in [1.165, 1.54) is 17.4 Å². The summed E-state index contributed by atoms with van der Waals surface area (Å²) in [7, 11) is 0. The number of rotatable bonds is 1. The molecular weight excluding hydrogens is 292 g/mol. The third-order valence-electron chi connectivity index (χ3n) is 3.06. The zero-order valence-electron chi connectivity index (χ0n) is 9.40. The van der Waals surface area contributed by atoms with Crippen molar-refractivity contribution in [3.63, 3.8) is 0 Å². The largest absolute Gasteiger partial charge is 0.312 e. The van der Waals surface area contributed by atoms with Crippen LogP contribution in [0.25, 0.3) is 15.7 Å². The van der Waals surface area contributed by atoms with Crippen molar-refractivity contribution < 1.29 is 4.39 Å². The van der Waals surface area contributed by atoms with Gasteiger partial charge in [0, 0.05) is 11.9 Å². The molecule has 0 atom stereocenters. The van der Waals surface area contributed by atoms with Gasteiger partial charge in [0.15, 0.2) is 0 Å². The molecule has 0 fully saturated rings. The second kappa shape index (κ2) is 4.82. The lowest BCUT2D eigenvalue weighted by atomic mass is 10.0. The Bertz CT molecular complexity index is 648. The van der Waals surface area contributed by atoms with Gasteiger partial charge in [-0.2, -0.15) is 0 Å². The van der Waals surface area contributed by atoms with Crippen LogP contribution in [-0.4, -0.2) is 13.1 Å². The molecule has 0 unspecified atom stereocenters. The van der Waals surface area contributed by atoms with Gasteiger partial charge in [0.25, 0.3) is 0 Å². The number of fused-ring (bicyclic) bond motifs is 1. The molecule has 5 heteroatoms. The van der Waals surface area contributed by atoms with Gasteiger partial charge >= 0.3 is 0 Å². The minimum absolute atomic E-state index is 0.164. The van der Waals surface area contributed by atoms with Crippen molar-refractivity contribution in [3.05, 3.63) is 38.9 Å². The normalized spacial score (nSPS) is 16.1. The third-order valence-corrected chi connectivity index (χ3v) is 4.86. The van der Waals surface area contributed by atoms with Crippen molar-refractivity contribution in [1.29, 1.82) is 0 Å². The number of thiophene rings is 1. The van der Waals surface area contributed by atoms with Crippen LogP contribution in [-0.2, 0) is 0 Å². The van der Waals surface area contributed by atoms with E-state index in [9.17, 15) is 4.39 Å². The van der Waals surface area contributed by atoms with Gasteiger partial charge in [0.1, 0.15) is 5.82 Å². The highest BCUT2D eigenvalue weighted by molar-refractivity contribution is 7.18. The summed E-state index contributed by atoms with van der Waals surface area (Å²) in [6, 6.07) is 1.28. The molecule has 1 aromatic carbocycles. The van der Waals surface area contributed by atoms with Crippen LogP contribution < -0.4 is 5.32 Å². The van der Waals surface area contributed by atoms with Gasteiger partial charge in [-0.25, -0.2) is 4.39 Å². The fourth-order valence-electron chi connectivity index (χ4n) is 2.20. The van der Waals surface area contributed by atoms with Crippen LogP contribution in [0.3, 0.4) is 0 Å². The van der Waals surface area contributed by atoms with Crippen LogP contribution in [0.15, 0.2) is 17.5 Å². The number of benzene rings is 1. The molecule has 2 heterocycles. The topological polar surface area (TPSA) is 12.0 Å². The van der Waals surface area contributed by atoms with E-state index in [0.29, 0.717) is 5.02 Å². The predicted octanol–water partition coefficient (Wildman–Crippen LogP) is 4.72. The zero-order valence-corrected chi connectivity index (χ0v) is 11.7. The summed E-state index contributed by atoms with van der Waals surface area (Å²) in [5, 5.41) is 6.63. The van der Waals surface area contributed by atoms with Crippen molar-refractivity contribution in [2.45, 2.75) is 6.42 Å². The van der Waals surface area contributed by atoms with Crippen molar-refractivity contribution in [3.8, 4) is 0 Å². The van der Waals surface area contributed by atoms with Gasteiger partial charge in [0.2, 0.25) is 0 Å². The second-order valence-electron chi connectivity index (χ2n) is 4.20. The van der Waals surface area contributed by atoms with Crippen molar-refractivity contribution in [2.75, 3.05) is 13.1 Å². The second-order valence-corrected chi connectivity index (χ2v) is 5.87. The molecule has 0 radical (unpaired) electrons. The Morgan fingerprint density at radius 3 is 2.89 bits per heavy atom. The summed E-state index contributed by atoms with van der Waals surface area (Å²) in [5.41, 5.74) is 2.16. The standard InChI is InChI=1S/C13H10Cl2FNS/c14-9-4-10(16)12(15)11-8(6-18-13(9)11)7-2-1-3-17-5-7/h2,4,6,17H,1,3,5H2. The first-order valence-electron chi connectivity index (χ1n) is 5.63. The van der Waals surface area contributed by atoms with Crippen LogP contribution in [0.2, 0.25) is 10.0 Å². The van der Waals surface area contributed by atoms with Crippen LogP contribution >= 0.6 is 34.5 Å². The highest BCUT2D eigenvalue weighted by Gasteiger charge is 2.18. The van der Waals surface area contributed by atoms with Gasteiger partial charge in [-0.3, -0.25) is 0 Å². The molecule has 0 amide bonds. The van der Waals surface area contributed by atoms with E-state index < -0.39 is 5.82 Å². The minimum Gasteiger partial charge on any atom is -0.312 e. The Labute approximate surface area is 118 Å². The molecule has 1 nitrogen and oxygen atoms in total. The molecule has 1 N–H and O–H groups in total. The Morgan fingerprint density at radius 1 is 1.33 bits per heavy atom. The quantitative estimate of drug-likeness (QED) is 0.751. The van der Waals surface area contributed by atoms with E-state index in [1.54, 1.807) is 0 Å². The Hall–Kier alpha value is -0.610. The molecule has 3 rings (SSSR count). The molecule has 0 aliphatic carbocycles. The van der Waals surface area contributed by atoms with Crippen LogP contribution in [0.1, 0.15) is 12.0 Å². The van der Waals surface area contributed by atoms with E-state index in [-0.39, 0.29) is 5.02 Å². The smallest absolute Gasteiger partial charge is 0.144 e. The van der Waals surface area contributed by atoms with Gasteiger partial charge in [0.05, 0.1) is 14.7 Å². The van der Waals surface area contributed by atoms with Crippen LogP contribution in [0.4, 0.5) is 4.39 Å². The fraction of sp³-hybridized carbons (Fsp3) is 0.231. The molecule has 0 spiro atoms. The summed E-state index contributed by atoms with van der Waals surface area (Å²) in [5.74, 6) is -0.460. The monoisotopic (exact) mass is 301 g/mol. The number of hydrogen-bond donors (Lipinski definition) is 1. The number of halogens is 3. The molecule has 18 heavy (non-hydrogen) atoms. The van der Waals surface area contributed by atoms with E-state index >= 15 is 0 Å². The third kappa shape index (κ3) is 1.95. The lowest BCUT2D eigenvalue weighted by molar-refractivity contribution is 0.630. The average Bonchev–Trinajstić information content (AvgIpc) is 2.82. The zero-order chi connectivity index (χ0) is 12.7. The highest BCUT2D eigenvalue weighted by Crippen LogP contribution is 2.41. The van der Waals surface area contributed by atoms with E-state index in [0.717, 1.165) is 40.7 Å². The fourth-order valence-corrected chi connectivity index (χ4v) is 3.83. The molecule has 1 aromatic heterocycles. The van der Waals surface area contributed by atoms with E-state index in [1.807, 2.05) is 5.38 Å². The maximum atomic E-state index is 13.7. The predicted molar refractivity (Wildman–Crippen MR) is 77.3 cm³/mol. The Balaban J connectivity index is 2.28. The van der Waals surface area contributed by atoms with Crippen molar-refractivity contribution >= 4 is 50.2 Å². The summed E-state index contributed by atoms with van der Waals surface area (Å²) >= 11 is 13.7. The van der Waals surface area contributed by atoms with E-state index in [2.05, 4.69) is 11.4 Å². The number of nitrogens with one attached hydrogen (secondary N) is 1. The molecule has 0 saturated carbocycles. The first-order valence-corrected chi connectivity index (χ1v) is 7.27. The Kier molecular flexibility index (Phi) is 3.32. The first-order chi connectivity index (χ1) is 8.68. The van der Waals surface area contributed by atoms with Crippen molar-refractivity contribution in [1.82, 2.24) is 5.32 Å². The minimum atomic E-state index is -0.460. The van der Waals surface area contributed by atoms with Gasteiger partial charge in [-0.1, -0.05) is 29.3 Å². The molecule has 1 aliphatic heterocycles. The van der Waals surface area contributed by atoms with Crippen LogP contribution in [0, 0.1) is 5.82 Å².